The summed E-state index contributed by atoms with van der Waals surface area (Å²) in [5, 5.41) is 11.8. The molecule has 3 aromatic rings. The Kier molecular flexibility index (Phi) is 3.20. The number of hydrogen-bond donors (Lipinski definition) is 2. The topological polar surface area (TPSA) is 77.0 Å². The van der Waals surface area contributed by atoms with Crippen LogP contribution in [0.15, 0.2) is 41.0 Å². The molecule has 0 saturated heterocycles. The molecule has 5 nitrogen and oxygen atoms in total. The summed E-state index contributed by atoms with van der Waals surface area (Å²) in [6.07, 6.45) is 0. The molecule has 6 heteroatoms. The monoisotopic (exact) mass is 288 g/mol. The van der Waals surface area contributed by atoms with Crippen LogP contribution >= 0.6 is 11.6 Å². The van der Waals surface area contributed by atoms with Crippen molar-refractivity contribution in [3.05, 3.63) is 47.0 Å². The average molecular weight is 289 g/mol. The Hall–Kier alpha value is -2.27. The summed E-state index contributed by atoms with van der Waals surface area (Å²) < 4.78 is 4.75. The Labute approximate surface area is 120 Å². The van der Waals surface area contributed by atoms with E-state index in [1.807, 2.05) is 37.3 Å². The van der Waals surface area contributed by atoms with Crippen LogP contribution in [0, 0.1) is 0 Å². The third kappa shape index (κ3) is 2.16. The predicted octanol–water partition coefficient (Wildman–Crippen LogP) is 3.63. The molecule has 1 unspecified atom stereocenters. The third-order valence-corrected chi connectivity index (χ3v) is 3.53. The summed E-state index contributed by atoms with van der Waals surface area (Å²) in [4.78, 5) is 0. The fourth-order valence-corrected chi connectivity index (χ4v) is 2.44. The van der Waals surface area contributed by atoms with Gasteiger partial charge in [-0.15, -0.1) is 0 Å². The molecule has 102 valence electrons. The highest BCUT2D eigenvalue weighted by molar-refractivity contribution is 6.31. The molecule has 3 N–H and O–H groups in total. The van der Waals surface area contributed by atoms with Crippen LogP contribution in [0.4, 0.5) is 11.4 Å². The largest absolute Gasteiger partial charge is 0.397 e. The van der Waals surface area contributed by atoms with Gasteiger partial charge in [-0.3, -0.25) is 0 Å². The van der Waals surface area contributed by atoms with E-state index in [1.54, 1.807) is 6.07 Å². The fraction of sp³-hybridized carbons (Fsp3) is 0.143. The number of halogens is 1. The molecular weight excluding hydrogens is 276 g/mol. The normalized spacial score (nSPS) is 12.5. The first-order valence-corrected chi connectivity index (χ1v) is 6.56. The lowest BCUT2D eigenvalue weighted by atomic mass is 10.1. The summed E-state index contributed by atoms with van der Waals surface area (Å²) in [7, 11) is 0. The second-order valence-electron chi connectivity index (χ2n) is 4.55. The van der Waals surface area contributed by atoms with E-state index in [9.17, 15) is 0 Å². The van der Waals surface area contributed by atoms with Crippen molar-refractivity contribution >= 4 is 34.0 Å². The predicted molar refractivity (Wildman–Crippen MR) is 79.7 cm³/mol. The van der Waals surface area contributed by atoms with Crippen molar-refractivity contribution in [2.24, 2.45) is 0 Å². The SMILES string of the molecule is CC(Nc1ccc(N)c2nonc12)c1ccccc1Cl. The van der Waals surface area contributed by atoms with Gasteiger partial charge in [-0.1, -0.05) is 29.8 Å². The first-order valence-electron chi connectivity index (χ1n) is 6.18. The van der Waals surface area contributed by atoms with Gasteiger partial charge in [0.25, 0.3) is 0 Å². The number of hydrogen-bond acceptors (Lipinski definition) is 5. The molecule has 0 spiro atoms. The van der Waals surface area contributed by atoms with Gasteiger partial charge in [0.15, 0.2) is 11.0 Å². The molecule has 1 heterocycles. The van der Waals surface area contributed by atoms with Crippen molar-refractivity contribution in [2.75, 3.05) is 11.1 Å². The number of aromatic nitrogens is 2. The maximum absolute atomic E-state index is 6.20. The van der Waals surface area contributed by atoms with E-state index in [0.29, 0.717) is 16.7 Å². The molecular formula is C14H13ClN4O. The van der Waals surface area contributed by atoms with Crippen molar-refractivity contribution in [3.8, 4) is 0 Å². The van der Waals surface area contributed by atoms with Crippen LogP contribution in [0.25, 0.3) is 11.0 Å². The zero-order chi connectivity index (χ0) is 14.1. The number of nitrogens with one attached hydrogen (secondary N) is 1. The number of fused-ring (bicyclic) bond motifs is 1. The van der Waals surface area contributed by atoms with E-state index in [2.05, 4.69) is 15.6 Å². The number of rotatable bonds is 3. The molecule has 0 aliphatic heterocycles. The Morgan fingerprint density at radius 3 is 2.70 bits per heavy atom. The molecule has 1 atom stereocenters. The minimum Gasteiger partial charge on any atom is -0.397 e. The summed E-state index contributed by atoms with van der Waals surface area (Å²) in [6, 6.07) is 11.4. The van der Waals surface area contributed by atoms with Crippen LogP contribution in [0.5, 0.6) is 0 Å². The van der Waals surface area contributed by atoms with E-state index < -0.39 is 0 Å². The van der Waals surface area contributed by atoms with Gasteiger partial charge in [0.1, 0.15) is 0 Å². The molecule has 0 aliphatic carbocycles. The van der Waals surface area contributed by atoms with E-state index >= 15 is 0 Å². The number of nitrogens with zero attached hydrogens (tertiary/aromatic N) is 2. The molecule has 2 aromatic carbocycles. The van der Waals surface area contributed by atoms with Crippen LogP contribution in [-0.2, 0) is 0 Å². The molecule has 20 heavy (non-hydrogen) atoms. The average Bonchev–Trinajstić information content (AvgIpc) is 2.93. The standard InChI is InChI=1S/C14H13ClN4O/c1-8(9-4-2-3-5-10(9)15)17-12-7-6-11(16)13-14(12)19-20-18-13/h2-8,17H,16H2,1H3. The lowest BCUT2D eigenvalue weighted by molar-refractivity contribution is 0.315. The van der Waals surface area contributed by atoms with E-state index in [1.165, 1.54) is 0 Å². The van der Waals surface area contributed by atoms with Crippen LogP contribution in [0.1, 0.15) is 18.5 Å². The lowest BCUT2D eigenvalue weighted by Gasteiger charge is -2.17. The Bertz CT molecular complexity index is 756. The molecule has 0 saturated carbocycles. The minimum absolute atomic E-state index is 0.0206. The van der Waals surface area contributed by atoms with Crippen LogP contribution < -0.4 is 11.1 Å². The van der Waals surface area contributed by atoms with E-state index in [0.717, 1.165) is 16.3 Å². The second kappa shape index (κ2) is 5.02. The number of nitrogen functional groups attached to an aromatic ring is 1. The van der Waals surface area contributed by atoms with Crippen molar-refractivity contribution in [3.63, 3.8) is 0 Å². The van der Waals surface area contributed by atoms with Gasteiger partial charge in [-0.25, -0.2) is 4.63 Å². The fourth-order valence-electron chi connectivity index (χ4n) is 2.14. The smallest absolute Gasteiger partial charge is 0.160 e. The first kappa shape index (κ1) is 12.7. The van der Waals surface area contributed by atoms with E-state index in [-0.39, 0.29) is 6.04 Å². The molecule has 0 radical (unpaired) electrons. The zero-order valence-corrected chi connectivity index (χ0v) is 11.6. The number of benzene rings is 2. The highest BCUT2D eigenvalue weighted by atomic mass is 35.5. The van der Waals surface area contributed by atoms with Crippen molar-refractivity contribution in [1.29, 1.82) is 0 Å². The molecule has 1 aromatic heterocycles. The van der Waals surface area contributed by atoms with Crippen LogP contribution in [0.2, 0.25) is 5.02 Å². The second-order valence-corrected chi connectivity index (χ2v) is 4.96. The van der Waals surface area contributed by atoms with Crippen LogP contribution in [0.3, 0.4) is 0 Å². The highest BCUT2D eigenvalue weighted by Crippen LogP contribution is 2.30. The number of anilines is 2. The van der Waals surface area contributed by atoms with Gasteiger partial charge in [-0.2, -0.15) is 0 Å². The Balaban J connectivity index is 1.96. The van der Waals surface area contributed by atoms with Crippen LogP contribution in [-0.4, -0.2) is 10.3 Å². The van der Waals surface area contributed by atoms with Gasteiger partial charge >= 0.3 is 0 Å². The quantitative estimate of drug-likeness (QED) is 0.720. The maximum Gasteiger partial charge on any atom is 0.160 e. The van der Waals surface area contributed by atoms with Crippen molar-refractivity contribution in [1.82, 2.24) is 10.3 Å². The molecule has 0 fully saturated rings. The van der Waals surface area contributed by atoms with Crippen molar-refractivity contribution < 1.29 is 4.63 Å². The van der Waals surface area contributed by atoms with Gasteiger partial charge in [0.2, 0.25) is 0 Å². The molecule has 0 amide bonds. The van der Waals surface area contributed by atoms with Gasteiger partial charge in [-0.05, 0) is 41.0 Å². The third-order valence-electron chi connectivity index (χ3n) is 3.19. The lowest BCUT2D eigenvalue weighted by Crippen LogP contribution is -2.07. The number of nitrogens with two attached hydrogens (primary N) is 1. The Morgan fingerprint density at radius 2 is 1.90 bits per heavy atom. The molecule has 0 bridgehead atoms. The first-order chi connectivity index (χ1) is 9.66. The van der Waals surface area contributed by atoms with Gasteiger partial charge < -0.3 is 11.1 Å². The van der Waals surface area contributed by atoms with Gasteiger partial charge in [0, 0.05) is 5.02 Å². The Morgan fingerprint density at radius 1 is 1.15 bits per heavy atom. The molecule has 0 aliphatic rings. The van der Waals surface area contributed by atoms with Crippen molar-refractivity contribution in [2.45, 2.75) is 13.0 Å². The minimum atomic E-state index is 0.0206. The zero-order valence-electron chi connectivity index (χ0n) is 10.8. The molecule has 3 rings (SSSR count). The highest BCUT2D eigenvalue weighted by Gasteiger charge is 2.14. The summed E-state index contributed by atoms with van der Waals surface area (Å²) in [6.45, 7) is 2.02. The van der Waals surface area contributed by atoms with Gasteiger partial charge in [0.05, 0.1) is 17.4 Å². The summed E-state index contributed by atoms with van der Waals surface area (Å²) in [5.41, 5.74) is 9.35. The van der Waals surface area contributed by atoms with E-state index in [4.69, 9.17) is 22.0 Å². The maximum atomic E-state index is 6.20. The summed E-state index contributed by atoms with van der Waals surface area (Å²) >= 11 is 6.20. The summed E-state index contributed by atoms with van der Waals surface area (Å²) in [5.74, 6) is 0.